The van der Waals surface area contributed by atoms with E-state index < -0.39 is 0 Å². The topological polar surface area (TPSA) is 82.4 Å². The first-order chi connectivity index (χ1) is 13.2. The van der Waals surface area contributed by atoms with Gasteiger partial charge in [-0.05, 0) is 12.5 Å². The number of hydrogen-bond acceptors (Lipinski definition) is 6. The molecule has 2 aliphatic heterocycles. The van der Waals surface area contributed by atoms with Crippen LogP contribution < -0.4 is 4.74 Å². The quantitative estimate of drug-likeness (QED) is 0.689. The van der Waals surface area contributed by atoms with Crippen LogP contribution in [-0.2, 0) is 11.3 Å². The van der Waals surface area contributed by atoms with Crippen molar-refractivity contribution in [2.45, 2.75) is 25.2 Å². The van der Waals surface area contributed by atoms with Crippen molar-refractivity contribution in [1.82, 2.24) is 24.9 Å². The first-order valence-corrected chi connectivity index (χ1v) is 8.98. The zero-order chi connectivity index (χ0) is 18.4. The second-order valence-corrected chi connectivity index (χ2v) is 6.86. The van der Waals surface area contributed by atoms with E-state index in [2.05, 4.69) is 15.3 Å². The van der Waals surface area contributed by atoms with Crippen LogP contribution in [0, 0.1) is 0 Å². The molecule has 138 valence electrons. The fourth-order valence-corrected chi connectivity index (χ4v) is 3.97. The number of pyridine rings is 1. The third-order valence-electron chi connectivity index (χ3n) is 5.35. The number of benzene rings is 1. The number of piperidine rings is 1. The zero-order valence-electron chi connectivity index (χ0n) is 14.9. The van der Waals surface area contributed by atoms with Gasteiger partial charge in [0.05, 0.1) is 48.8 Å². The summed E-state index contributed by atoms with van der Waals surface area (Å²) in [5.41, 5.74) is 2.34. The van der Waals surface area contributed by atoms with Crippen LogP contribution in [0.5, 0.6) is 5.88 Å². The largest absolute Gasteiger partial charge is 0.481 e. The molecule has 4 heterocycles. The zero-order valence-corrected chi connectivity index (χ0v) is 14.9. The number of carbonyl (C=O) groups is 1. The molecule has 8 nitrogen and oxygen atoms in total. The van der Waals surface area contributed by atoms with Crippen LogP contribution in [-0.4, -0.2) is 57.1 Å². The van der Waals surface area contributed by atoms with Crippen LogP contribution >= 0.6 is 0 Å². The Hall–Kier alpha value is -3.00. The van der Waals surface area contributed by atoms with E-state index in [0.29, 0.717) is 31.1 Å². The van der Waals surface area contributed by atoms with Crippen LogP contribution in [0.25, 0.3) is 10.9 Å². The molecule has 5 rings (SSSR count). The Morgan fingerprint density at radius 1 is 1.33 bits per heavy atom. The molecular weight excluding hydrogens is 346 g/mol. The lowest BCUT2D eigenvalue weighted by atomic mass is 9.98. The van der Waals surface area contributed by atoms with E-state index in [-0.39, 0.29) is 18.1 Å². The Morgan fingerprint density at radius 2 is 2.22 bits per heavy atom. The maximum Gasteiger partial charge on any atom is 0.254 e. The van der Waals surface area contributed by atoms with Crippen molar-refractivity contribution < 1.29 is 14.3 Å². The lowest BCUT2D eigenvalue weighted by Crippen LogP contribution is -2.50. The lowest BCUT2D eigenvalue weighted by Gasteiger charge is -2.41. The van der Waals surface area contributed by atoms with Crippen molar-refractivity contribution in [1.29, 1.82) is 0 Å². The first-order valence-electron chi connectivity index (χ1n) is 8.98. The number of carbonyl (C=O) groups excluding carboxylic acids is 1. The van der Waals surface area contributed by atoms with Gasteiger partial charge in [-0.1, -0.05) is 23.4 Å². The second kappa shape index (κ2) is 6.31. The van der Waals surface area contributed by atoms with Crippen molar-refractivity contribution in [2.75, 3.05) is 20.2 Å². The minimum atomic E-state index is -0.0769. The molecule has 1 aromatic carbocycles. The van der Waals surface area contributed by atoms with Gasteiger partial charge in [0.2, 0.25) is 5.88 Å². The number of aromatic nitrogens is 4. The highest BCUT2D eigenvalue weighted by Gasteiger charge is 2.38. The molecule has 0 saturated carbocycles. The Kier molecular flexibility index (Phi) is 3.78. The average molecular weight is 365 g/mol. The smallest absolute Gasteiger partial charge is 0.254 e. The number of fused-ring (bicyclic) bond motifs is 4. The number of hydrogen-bond donors (Lipinski definition) is 0. The molecule has 0 aliphatic carbocycles. The number of para-hydroxylation sites is 1. The lowest BCUT2D eigenvalue weighted by molar-refractivity contribution is -0.0627. The molecule has 1 amide bonds. The Morgan fingerprint density at radius 3 is 3.11 bits per heavy atom. The maximum absolute atomic E-state index is 13.3. The number of methoxy groups -OCH3 is 1. The standard InChI is InChI=1S/C19H19N5O3/c1-26-18-8-14(13-4-2-3-5-15(13)21-18)19(25)23-7-6-16-17(10-23)27-11-12-9-20-22-24(12)16/h2-5,8-9,16-17H,6-7,10-11H2,1H3/t16-,17-/m0/s1. The third-order valence-corrected chi connectivity index (χ3v) is 5.35. The first kappa shape index (κ1) is 16.2. The highest BCUT2D eigenvalue weighted by molar-refractivity contribution is 6.06. The van der Waals surface area contributed by atoms with E-state index in [0.717, 1.165) is 23.0 Å². The van der Waals surface area contributed by atoms with E-state index >= 15 is 0 Å². The summed E-state index contributed by atoms with van der Waals surface area (Å²) in [6, 6.07) is 9.46. The van der Waals surface area contributed by atoms with Crippen LogP contribution in [0.15, 0.2) is 36.5 Å². The van der Waals surface area contributed by atoms with E-state index in [9.17, 15) is 4.79 Å². The minimum Gasteiger partial charge on any atom is -0.481 e. The predicted molar refractivity (Wildman–Crippen MR) is 96.5 cm³/mol. The summed E-state index contributed by atoms with van der Waals surface area (Å²) in [4.78, 5) is 19.6. The molecule has 2 aliphatic rings. The summed E-state index contributed by atoms with van der Waals surface area (Å²) < 4.78 is 13.2. The third kappa shape index (κ3) is 2.64. The molecule has 0 unspecified atom stereocenters. The van der Waals surface area contributed by atoms with E-state index in [1.54, 1.807) is 19.4 Å². The second-order valence-electron chi connectivity index (χ2n) is 6.86. The van der Waals surface area contributed by atoms with Gasteiger partial charge in [-0.3, -0.25) is 4.79 Å². The Labute approximate surface area is 155 Å². The summed E-state index contributed by atoms with van der Waals surface area (Å²) in [5.74, 6) is 0.409. The molecule has 0 bridgehead atoms. The number of nitrogens with zero attached hydrogens (tertiary/aromatic N) is 5. The van der Waals surface area contributed by atoms with Crippen molar-refractivity contribution in [3.8, 4) is 5.88 Å². The summed E-state index contributed by atoms with van der Waals surface area (Å²) in [6.07, 6.45) is 2.45. The molecule has 0 radical (unpaired) electrons. The van der Waals surface area contributed by atoms with Crippen molar-refractivity contribution in [2.24, 2.45) is 0 Å². The molecule has 0 N–H and O–H groups in total. The molecule has 27 heavy (non-hydrogen) atoms. The number of amides is 1. The monoisotopic (exact) mass is 365 g/mol. The van der Waals surface area contributed by atoms with Crippen LogP contribution in [0.2, 0.25) is 0 Å². The van der Waals surface area contributed by atoms with Crippen molar-refractivity contribution >= 4 is 16.8 Å². The fourth-order valence-electron chi connectivity index (χ4n) is 3.97. The highest BCUT2D eigenvalue weighted by Crippen LogP contribution is 2.32. The predicted octanol–water partition coefficient (Wildman–Crippen LogP) is 1.82. The SMILES string of the molecule is COc1cc(C(=O)N2CC[C@H]3[C@H](C2)OCc2cnnn23)c2ccccc2n1. The highest BCUT2D eigenvalue weighted by atomic mass is 16.5. The van der Waals surface area contributed by atoms with Gasteiger partial charge in [0.1, 0.15) is 0 Å². The number of likely N-dealkylation sites (tertiary alicyclic amines) is 1. The van der Waals surface area contributed by atoms with Gasteiger partial charge >= 0.3 is 0 Å². The molecular formula is C19H19N5O3. The van der Waals surface area contributed by atoms with Gasteiger partial charge in [0, 0.05) is 24.5 Å². The normalized spacial score (nSPS) is 21.6. The van der Waals surface area contributed by atoms with Gasteiger partial charge < -0.3 is 14.4 Å². The molecule has 1 saturated heterocycles. The summed E-state index contributed by atoms with van der Waals surface area (Å²) in [5, 5.41) is 9.00. The van der Waals surface area contributed by atoms with Crippen LogP contribution in [0.3, 0.4) is 0 Å². The van der Waals surface area contributed by atoms with Crippen molar-refractivity contribution in [3.05, 3.63) is 47.8 Å². The summed E-state index contributed by atoms with van der Waals surface area (Å²) in [7, 11) is 1.56. The number of rotatable bonds is 2. The van der Waals surface area contributed by atoms with Gasteiger partial charge in [0.15, 0.2) is 0 Å². The van der Waals surface area contributed by atoms with E-state index in [4.69, 9.17) is 9.47 Å². The number of ether oxygens (including phenoxy) is 2. The average Bonchev–Trinajstić information content (AvgIpc) is 3.21. The summed E-state index contributed by atoms with van der Waals surface area (Å²) in [6.45, 7) is 1.64. The summed E-state index contributed by atoms with van der Waals surface area (Å²) >= 11 is 0. The molecule has 0 spiro atoms. The maximum atomic E-state index is 13.3. The van der Waals surface area contributed by atoms with Crippen LogP contribution in [0.4, 0.5) is 0 Å². The van der Waals surface area contributed by atoms with Crippen molar-refractivity contribution in [3.63, 3.8) is 0 Å². The molecule has 3 aromatic rings. The van der Waals surface area contributed by atoms with Crippen LogP contribution in [0.1, 0.15) is 28.5 Å². The van der Waals surface area contributed by atoms with E-state index in [1.807, 2.05) is 33.8 Å². The molecule has 1 fully saturated rings. The minimum absolute atomic E-state index is 0.0293. The Balaban J connectivity index is 1.45. The van der Waals surface area contributed by atoms with E-state index in [1.165, 1.54) is 0 Å². The van der Waals surface area contributed by atoms with Gasteiger partial charge in [0.25, 0.3) is 5.91 Å². The molecule has 2 aromatic heterocycles. The van der Waals surface area contributed by atoms with Gasteiger partial charge in [-0.25, -0.2) is 9.67 Å². The fraction of sp³-hybridized carbons (Fsp3) is 0.368. The van der Waals surface area contributed by atoms with Gasteiger partial charge in [-0.15, -0.1) is 5.10 Å². The molecule has 8 heteroatoms. The van der Waals surface area contributed by atoms with Gasteiger partial charge in [-0.2, -0.15) is 0 Å². The molecule has 2 atom stereocenters. The Bertz CT molecular complexity index is 1020.